The number of hydrogen-bond donors (Lipinski definition) is 1. The molecule has 2 rings (SSSR count). The second-order valence-corrected chi connectivity index (χ2v) is 3.75. The zero-order valence-electron chi connectivity index (χ0n) is 9.22. The van der Waals surface area contributed by atoms with E-state index < -0.39 is 0 Å². The lowest BCUT2D eigenvalue weighted by atomic mass is 10.3. The summed E-state index contributed by atoms with van der Waals surface area (Å²) < 4.78 is 5.36. The minimum atomic E-state index is -0.0925. The van der Waals surface area contributed by atoms with Gasteiger partial charge in [-0.1, -0.05) is 0 Å². The third-order valence-electron chi connectivity index (χ3n) is 2.46. The lowest BCUT2D eigenvalue weighted by Crippen LogP contribution is -2.28. The van der Waals surface area contributed by atoms with Gasteiger partial charge < -0.3 is 10.5 Å². The van der Waals surface area contributed by atoms with E-state index in [2.05, 4.69) is 4.98 Å². The van der Waals surface area contributed by atoms with Gasteiger partial charge >= 0.3 is 0 Å². The molecule has 1 amide bonds. The van der Waals surface area contributed by atoms with Gasteiger partial charge in [-0.05, 0) is 13.0 Å². The van der Waals surface area contributed by atoms with E-state index in [4.69, 9.17) is 10.5 Å². The van der Waals surface area contributed by atoms with Crippen LogP contribution in [0.25, 0.3) is 0 Å². The van der Waals surface area contributed by atoms with Gasteiger partial charge in [0.25, 0.3) is 0 Å². The number of aromatic nitrogens is 1. The Morgan fingerprint density at radius 1 is 1.69 bits per heavy atom. The number of amides is 1. The molecule has 0 bridgehead atoms. The molecule has 1 unspecified atom stereocenters. The Morgan fingerprint density at radius 3 is 3.12 bits per heavy atom. The predicted octanol–water partition coefficient (Wildman–Crippen LogP) is 0.544. The molecule has 0 spiro atoms. The number of hydrogen-bond acceptors (Lipinski definition) is 4. The lowest BCUT2D eigenvalue weighted by Gasteiger charge is -2.15. The van der Waals surface area contributed by atoms with Crippen LogP contribution in [0, 0.1) is 0 Å². The van der Waals surface area contributed by atoms with Crippen LogP contribution in [0.4, 0.5) is 5.82 Å². The number of nitrogens with zero attached hydrogens (tertiary/aromatic N) is 2. The van der Waals surface area contributed by atoms with Crippen molar-refractivity contribution in [1.29, 1.82) is 0 Å². The Balaban J connectivity index is 2.20. The van der Waals surface area contributed by atoms with Crippen LogP contribution in [0.1, 0.15) is 13.3 Å². The maximum absolute atomic E-state index is 11.6. The molecular formula is C11H15N3O2. The summed E-state index contributed by atoms with van der Waals surface area (Å²) in [6, 6.07) is 3.44. The highest BCUT2D eigenvalue weighted by molar-refractivity contribution is 5.95. The van der Waals surface area contributed by atoms with Crippen molar-refractivity contribution in [3.05, 3.63) is 18.3 Å². The van der Waals surface area contributed by atoms with Crippen molar-refractivity contribution in [1.82, 2.24) is 4.98 Å². The normalized spacial score (nSPS) is 20.2. The predicted molar refractivity (Wildman–Crippen MR) is 60.4 cm³/mol. The number of rotatable bonds is 3. The van der Waals surface area contributed by atoms with Gasteiger partial charge in [-0.2, -0.15) is 0 Å². The Bertz CT molecular complexity index is 395. The quantitative estimate of drug-likeness (QED) is 0.809. The molecule has 2 N–H and O–H groups in total. The molecule has 1 aliphatic heterocycles. The number of nitrogens with two attached hydrogens (primary N) is 1. The summed E-state index contributed by atoms with van der Waals surface area (Å²) in [5.41, 5.74) is 5.73. The fraction of sp³-hybridized carbons (Fsp3) is 0.455. The van der Waals surface area contributed by atoms with Crippen LogP contribution in [0.15, 0.2) is 18.3 Å². The molecule has 1 aliphatic rings. The van der Waals surface area contributed by atoms with Gasteiger partial charge in [-0.25, -0.2) is 4.98 Å². The van der Waals surface area contributed by atoms with E-state index in [1.165, 1.54) is 0 Å². The van der Waals surface area contributed by atoms with Gasteiger partial charge in [0.1, 0.15) is 11.6 Å². The van der Waals surface area contributed by atoms with Crippen molar-refractivity contribution in [2.75, 3.05) is 18.1 Å². The second kappa shape index (κ2) is 4.49. The first-order chi connectivity index (χ1) is 7.70. The highest BCUT2D eigenvalue weighted by Gasteiger charge is 2.28. The molecule has 2 heterocycles. The van der Waals surface area contributed by atoms with E-state index in [1.54, 1.807) is 23.2 Å². The maximum atomic E-state index is 11.6. The molecule has 1 saturated heterocycles. The highest BCUT2D eigenvalue weighted by atomic mass is 16.5. The largest absolute Gasteiger partial charge is 0.494 e. The van der Waals surface area contributed by atoms with Crippen molar-refractivity contribution < 1.29 is 9.53 Å². The molecule has 86 valence electrons. The molecule has 1 aromatic heterocycles. The molecule has 1 atom stereocenters. The van der Waals surface area contributed by atoms with Gasteiger partial charge in [0.15, 0.2) is 0 Å². The van der Waals surface area contributed by atoms with Gasteiger partial charge in [0.05, 0.1) is 6.61 Å². The van der Waals surface area contributed by atoms with Gasteiger partial charge in [0, 0.05) is 31.3 Å². The average Bonchev–Trinajstić information content (AvgIpc) is 2.59. The molecule has 16 heavy (non-hydrogen) atoms. The zero-order valence-corrected chi connectivity index (χ0v) is 9.22. The standard InChI is InChI=1S/C11H15N3O2/c1-2-16-9-3-4-13-10(6-9)14-7-8(12)5-11(14)15/h3-4,6,8H,2,5,7,12H2,1H3. The monoisotopic (exact) mass is 221 g/mol. The van der Waals surface area contributed by atoms with Crippen LogP contribution < -0.4 is 15.4 Å². The molecule has 1 fully saturated rings. The summed E-state index contributed by atoms with van der Waals surface area (Å²) in [6.45, 7) is 3.04. The SMILES string of the molecule is CCOc1ccnc(N2CC(N)CC2=O)c1. The summed E-state index contributed by atoms with van der Waals surface area (Å²) in [6.07, 6.45) is 2.03. The fourth-order valence-corrected chi connectivity index (χ4v) is 1.76. The number of ether oxygens (including phenoxy) is 1. The third-order valence-corrected chi connectivity index (χ3v) is 2.46. The first kappa shape index (κ1) is 10.9. The van der Waals surface area contributed by atoms with E-state index in [-0.39, 0.29) is 11.9 Å². The molecule has 1 aromatic rings. The van der Waals surface area contributed by atoms with E-state index in [1.807, 2.05) is 6.92 Å². The molecule has 5 heteroatoms. The molecule has 0 radical (unpaired) electrons. The Morgan fingerprint density at radius 2 is 2.50 bits per heavy atom. The van der Waals surface area contributed by atoms with Crippen molar-refractivity contribution in [3.63, 3.8) is 0 Å². The van der Waals surface area contributed by atoms with E-state index in [9.17, 15) is 4.79 Å². The molecular weight excluding hydrogens is 206 g/mol. The number of pyridine rings is 1. The van der Waals surface area contributed by atoms with Crippen LogP contribution in [-0.2, 0) is 4.79 Å². The Kier molecular flexibility index (Phi) is 3.05. The third kappa shape index (κ3) is 2.14. The van der Waals surface area contributed by atoms with Gasteiger partial charge in [0.2, 0.25) is 5.91 Å². The van der Waals surface area contributed by atoms with Crippen molar-refractivity contribution in [3.8, 4) is 5.75 Å². The van der Waals surface area contributed by atoms with Gasteiger partial charge in [-0.3, -0.25) is 9.69 Å². The summed E-state index contributed by atoms with van der Waals surface area (Å²) in [5.74, 6) is 1.36. The van der Waals surface area contributed by atoms with Crippen LogP contribution in [0.2, 0.25) is 0 Å². The average molecular weight is 221 g/mol. The summed E-state index contributed by atoms with van der Waals surface area (Å²) in [5, 5.41) is 0. The van der Waals surface area contributed by atoms with Crippen molar-refractivity contribution in [2.24, 2.45) is 5.73 Å². The van der Waals surface area contributed by atoms with Crippen LogP contribution in [0.3, 0.4) is 0 Å². The lowest BCUT2D eigenvalue weighted by molar-refractivity contribution is -0.117. The summed E-state index contributed by atoms with van der Waals surface area (Å²) in [7, 11) is 0. The molecule has 0 aromatic carbocycles. The van der Waals surface area contributed by atoms with E-state index >= 15 is 0 Å². The van der Waals surface area contributed by atoms with Crippen LogP contribution >= 0.6 is 0 Å². The molecule has 0 aliphatic carbocycles. The first-order valence-corrected chi connectivity index (χ1v) is 5.35. The molecule has 5 nitrogen and oxygen atoms in total. The topological polar surface area (TPSA) is 68.4 Å². The minimum absolute atomic E-state index is 0.0219. The van der Waals surface area contributed by atoms with Crippen LogP contribution in [-0.4, -0.2) is 30.1 Å². The number of carbonyl (C=O) groups is 1. The Labute approximate surface area is 94.2 Å². The van der Waals surface area contributed by atoms with Crippen molar-refractivity contribution in [2.45, 2.75) is 19.4 Å². The maximum Gasteiger partial charge on any atom is 0.229 e. The number of carbonyl (C=O) groups excluding carboxylic acids is 1. The van der Waals surface area contributed by atoms with E-state index in [0.29, 0.717) is 25.4 Å². The van der Waals surface area contributed by atoms with Crippen LogP contribution in [0.5, 0.6) is 5.75 Å². The molecule has 0 saturated carbocycles. The Hall–Kier alpha value is -1.62. The minimum Gasteiger partial charge on any atom is -0.494 e. The highest BCUT2D eigenvalue weighted by Crippen LogP contribution is 2.22. The smallest absolute Gasteiger partial charge is 0.229 e. The second-order valence-electron chi connectivity index (χ2n) is 3.75. The van der Waals surface area contributed by atoms with Gasteiger partial charge in [-0.15, -0.1) is 0 Å². The zero-order chi connectivity index (χ0) is 11.5. The number of anilines is 1. The first-order valence-electron chi connectivity index (χ1n) is 5.35. The van der Waals surface area contributed by atoms with Crippen molar-refractivity contribution >= 4 is 11.7 Å². The summed E-state index contributed by atoms with van der Waals surface area (Å²) in [4.78, 5) is 17.4. The van der Waals surface area contributed by atoms with E-state index in [0.717, 1.165) is 5.75 Å². The summed E-state index contributed by atoms with van der Waals surface area (Å²) >= 11 is 0. The fourth-order valence-electron chi connectivity index (χ4n) is 1.76.